The van der Waals surface area contributed by atoms with E-state index in [1.807, 2.05) is 10.4 Å². The van der Waals surface area contributed by atoms with Crippen LogP contribution in [0, 0.1) is 0 Å². The van der Waals surface area contributed by atoms with Gasteiger partial charge in [-0.25, -0.2) is 0 Å². The fraction of sp³-hybridized carbons (Fsp3) is 0.909. The molecule has 0 aromatic carbocycles. The van der Waals surface area contributed by atoms with E-state index in [-0.39, 0.29) is 11.4 Å². The van der Waals surface area contributed by atoms with Gasteiger partial charge in [-0.15, -0.1) is 4.48 Å². The number of carbonyl (C=O) groups excluding carboxylic acids is 1. The van der Waals surface area contributed by atoms with Gasteiger partial charge in [-0.1, -0.05) is 13.3 Å². The number of hydrogen-bond donors (Lipinski definition) is 1. The van der Waals surface area contributed by atoms with Crippen molar-refractivity contribution in [3.8, 4) is 0 Å². The van der Waals surface area contributed by atoms with Crippen molar-refractivity contribution in [2.24, 2.45) is 0 Å². The van der Waals surface area contributed by atoms with Crippen LogP contribution in [0.3, 0.4) is 0 Å². The van der Waals surface area contributed by atoms with Crippen molar-refractivity contribution < 1.29 is 9.28 Å². The summed E-state index contributed by atoms with van der Waals surface area (Å²) >= 11 is 0. The monoisotopic (exact) mass is 216 g/mol. The molecule has 3 nitrogen and oxygen atoms in total. The first-order chi connectivity index (χ1) is 7.13. The summed E-state index contributed by atoms with van der Waals surface area (Å²) in [6, 6.07) is 0. The topological polar surface area (TPSA) is 32.3 Å². The normalized spacial score (nSPS) is 27.5. The molecule has 15 heavy (non-hydrogen) atoms. The Balaban J connectivity index is 2.60. The van der Waals surface area contributed by atoms with E-state index in [9.17, 15) is 9.28 Å². The standard InChI is InChI=1S/C11H21FN2O/c1-3-5-11(13-12)6-4-8-14(9-7-11)10(2)15/h13H,3-9H2,1-2H3. The van der Waals surface area contributed by atoms with Crippen molar-refractivity contribution in [3.05, 3.63) is 0 Å². The molecule has 1 unspecified atom stereocenters. The van der Waals surface area contributed by atoms with Crippen molar-refractivity contribution in [3.63, 3.8) is 0 Å². The number of hydrogen-bond acceptors (Lipinski definition) is 2. The zero-order valence-electron chi connectivity index (χ0n) is 9.68. The van der Waals surface area contributed by atoms with Crippen molar-refractivity contribution >= 4 is 5.91 Å². The number of amides is 1. The van der Waals surface area contributed by atoms with Crippen LogP contribution in [-0.4, -0.2) is 29.4 Å². The third kappa shape index (κ3) is 3.16. The van der Waals surface area contributed by atoms with Crippen molar-refractivity contribution in [2.45, 2.75) is 51.5 Å². The molecule has 0 aromatic heterocycles. The van der Waals surface area contributed by atoms with Crippen LogP contribution in [0.5, 0.6) is 0 Å². The molecule has 1 amide bonds. The molecule has 0 aliphatic carbocycles. The van der Waals surface area contributed by atoms with Gasteiger partial charge in [-0.2, -0.15) is 5.54 Å². The lowest BCUT2D eigenvalue weighted by Gasteiger charge is -2.29. The van der Waals surface area contributed by atoms with E-state index in [1.54, 1.807) is 6.92 Å². The molecule has 1 N–H and O–H groups in total. The predicted molar refractivity (Wildman–Crippen MR) is 58.0 cm³/mol. The molecule has 1 atom stereocenters. The number of halogens is 1. The van der Waals surface area contributed by atoms with Gasteiger partial charge < -0.3 is 4.90 Å². The van der Waals surface area contributed by atoms with E-state index in [2.05, 4.69) is 6.92 Å². The van der Waals surface area contributed by atoms with Crippen LogP contribution in [0.4, 0.5) is 4.48 Å². The molecule has 0 spiro atoms. The molecule has 88 valence electrons. The van der Waals surface area contributed by atoms with Crippen molar-refractivity contribution in [1.82, 2.24) is 10.4 Å². The highest BCUT2D eigenvalue weighted by atomic mass is 19.2. The highest BCUT2D eigenvalue weighted by Crippen LogP contribution is 2.27. The number of nitrogens with one attached hydrogen (secondary N) is 1. The Labute approximate surface area is 91.0 Å². The highest BCUT2D eigenvalue weighted by Gasteiger charge is 2.32. The molecular formula is C11H21FN2O. The Morgan fingerprint density at radius 1 is 1.47 bits per heavy atom. The molecule has 1 saturated heterocycles. The van der Waals surface area contributed by atoms with Gasteiger partial charge in [-0.05, 0) is 25.7 Å². The first-order valence-electron chi connectivity index (χ1n) is 5.77. The molecule has 0 aromatic rings. The second-order valence-electron chi connectivity index (χ2n) is 4.48. The zero-order valence-corrected chi connectivity index (χ0v) is 9.68. The third-order valence-corrected chi connectivity index (χ3v) is 3.32. The SMILES string of the molecule is CCCC1(NF)CCCN(C(C)=O)CC1. The Hall–Kier alpha value is -0.640. The second kappa shape index (κ2) is 5.45. The van der Waals surface area contributed by atoms with Gasteiger partial charge in [0.2, 0.25) is 5.91 Å². The third-order valence-electron chi connectivity index (χ3n) is 3.32. The van der Waals surface area contributed by atoms with Gasteiger partial charge in [0.15, 0.2) is 0 Å². The number of rotatable bonds is 3. The van der Waals surface area contributed by atoms with Crippen molar-refractivity contribution in [1.29, 1.82) is 0 Å². The fourth-order valence-electron chi connectivity index (χ4n) is 2.38. The maximum Gasteiger partial charge on any atom is 0.219 e. The molecule has 0 bridgehead atoms. The maximum atomic E-state index is 12.9. The number of likely N-dealkylation sites (tertiary alicyclic amines) is 1. The largest absolute Gasteiger partial charge is 0.343 e. The van der Waals surface area contributed by atoms with Crippen LogP contribution in [0.1, 0.15) is 46.0 Å². The fourth-order valence-corrected chi connectivity index (χ4v) is 2.38. The summed E-state index contributed by atoms with van der Waals surface area (Å²) in [5, 5.41) is 0. The summed E-state index contributed by atoms with van der Waals surface area (Å²) < 4.78 is 12.9. The maximum absolute atomic E-state index is 12.9. The van der Waals surface area contributed by atoms with E-state index in [0.717, 1.165) is 38.6 Å². The van der Waals surface area contributed by atoms with Crippen LogP contribution in [0.25, 0.3) is 0 Å². The van der Waals surface area contributed by atoms with Gasteiger partial charge in [0.25, 0.3) is 0 Å². The zero-order chi connectivity index (χ0) is 11.3. The number of carbonyl (C=O) groups is 1. The molecule has 1 rings (SSSR count). The number of nitrogens with zero attached hydrogens (tertiary/aromatic N) is 1. The van der Waals surface area contributed by atoms with Crippen LogP contribution in [0.2, 0.25) is 0 Å². The Morgan fingerprint density at radius 2 is 2.20 bits per heavy atom. The minimum atomic E-state index is -0.390. The summed E-state index contributed by atoms with van der Waals surface area (Å²) in [4.78, 5) is 13.0. The molecule has 1 aliphatic rings. The molecule has 1 fully saturated rings. The molecule has 1 aliphatic heterocycles. The molecule has 0 saturated carbocycles. The molecule has 4 heteroatoms. The summed E-state index contributed by atoms with van der Waals surface area (Å²) in [6.07, 6.45) is 4.24. The Morgan fingerprint density at radius 3 is 2.73 bits per heavy atom. The molecular weight excluding hydrogens is 195 g/mol. The Kier molecular flexibility index (Phi) is 4.51. The highest BCUT2D eigenvalue weighted by molar-refractivity contribution is 5.73. The average Bonchev–Trinajstić information content (AvgIpc) is 2.42. The minimum Gasteiger partial charge on any atom is -0.343 e. The van der Waals surface area contributed by atoms with Gasteiger partial charge in [0.05, 0.1) is 0 Å². The smallest absolute Gasteiger partial charge is 0.219 e. The summed E-state index contributed by atoms with van der Waals surface area (Å²) in [5.41, 5.74) is 1.59. The first kappa shape index (κ1) is 12.4. The quantitative estimate of drug-likeness (QED) is 0.732. The lowest BCUT2D eigenvalue weighted by atomic mass is 9.87. The van der Waals surface area contributed by atoms with E-state index >= 15 is 0 Å². The van der Waals surface area contributed by atoms with Crippen LogP contribution in [0.15, 0.2) is 0 Å². The molecule has 0 radical (unpaired) electrons. The minimum absolute atomic E-state index is 0.0983. The van der Waals surface area contributed by atoms with Crippen LogP contribution in [-0.2, 0) is 4.79 Å². The van der Waals surface area contributed by atoms with E-state index in [4.69, 9.17) is 0 Å². The van der Waals surface area contributed by atoms with Gasteiger partial charge in [0, 0.05) is 25.6 Å². The second-order valence-corrected chi connectivity index (χ2v) is 4.48. The first-order valence-corrected chi connectivity index (χ1v) is 5.77. The van der Waals surface area contributed by atoms with E-state index in [1.165, 1.54) is 0 Å². The Bertz CT molecular complexity index is 223. The van der Waals surface area contributed by atoms with Crippen LogP contribution < -0.4 is 5.54 Å². The summed E-state index contributed by atoms with van der Waals surface area (Å²) in [5.74, 6) is 0.0983. The summed E-state index contributed by atoms with van der Waals surface area (Å²) in [6.45, 7) is 5.08. The molecule has 1 heterocycles. The lowest BCUT2D eigenvalue weighted by Crippen LogP contribution is -2.41. The van der Waals surface area contributed by atoms with Gasteiger partial charge in [-0.3, -0.25) is 4.79 Å². The lowest BCUT2D eigenvalue weighted by molar-refractivity contribution is -0.128. The van der Waals surface area contributed by atoms with Gasteiger partial charge >= 0.3 is 0 Å². The summed E-state index contributed by atoms with van der Waals surface area (Å²) in [7, 11) is 0. The van der Waals surface area contributed by atoms with Gasteiger partial charge in [0.1, 0.15) is 0 Å². The van der Waals surface area contributed by atoms with Crippen molar-refractivity contribution in [2.75, 3.05) is 13.1 Å². The van der Waals surface area contributed by atoms with E-state index < -0.39 is 0 Å². The average molecular weight is 216 g/mol. The predicted octanol–water partition coefficient (Wildman–Crippen LogP) is 2.03. The van der Waals surface area contributed by atoms with E-state index in [0.29, 0.717) is 6.54 Å². The van der Waals surface area contributed by atoms with Crippen LogP contribution >= 0.6 is 0 Å².